The highest BCUT2D eigenvalue weighted by Gasteiger charge is 2.40. The van der Waals surface area contributed by atoms with Crippen LogP contribution < -0.4 is 10.6 Å². The van der Waals surface area contributed by atoms with Crippen molar-refractivity contribution in [2.24, 2.45) is 5.92 Å². The van der Waals surface area contributed by atoms with Gasteiger partial charge in [-0.05, 0) is 45.1 Å². The van der Waals surface area contributed by atoms with Gasteiger partial charge in [0.25, 0.3) is 0 Å². The first-order valence-electron chi connectivity index (χ1n) is 11.0. The fourth-order valence-corrected chi connectivity index (χ4v) is 3.68. The molecule has 1 saturated heterocycles. The molecule has 1 aromatic carbocycles. The van der Waals surface area contributed by atoms with E-state index in [1.54, 1.807) is 4.90 Å². The number of benzene rings is 1. The lowest BCUT2D eigenvalue weighted by molar-refractivity contribution is -0.121. The number of morpholine rings is 1. The van der Waals surface area contributed by atoms with E-state index in [4.69, 9.17) is 9.47 Å². The number of rotatable bonds is 8. The molecule has 7 heteroatoms. The van der Waals surface area contributed by atoms with Gasteiger partial charge in [0.05, 0.1) is 19.3 Å². The molecule has 166 valence electrons. The summed E-state index contributed by atoms with van der Waals surface area (Å²) in [6, 6.07) is 10.0. The van der Waals surface area contributed by atoms with E-state index in [2.05, 4.69) is 10.6 Å². The molecule has 2 atom stereocenters. The van der Waals surface area contributed by atoms with Gasteiger partial charge in [-0.1, -0.05) is 30.3 Å². The van der Waals surface area contributed by atoms with Crippen LogP contribution in [0.25, 0.3) is 0 Å². The molecule has 0 spiro atoms. The first-order chi connectivity index (χ1) is 14.3. The van der Waals surface area contributed by atoms with Gasteiger partial charge in [-0.25, -0.2) is 4.79 Å². The lowest BCUT2D eigenvalue weighted by atomic mass is 10.0. The quantitative estimate of drug-likeness (QED) is 0.680. The van der Waals surface area contributed by atoms with Crippen LogP contribution in [0.2, 0.25) is 0 Å². The minimum Gasteiger partial charge on any atom is -0.444 e. The summed E-state index contributed by atoms with van der Waals surface area (Å²) in [5.74, 6) is 0.571. The zero-order chi connectivity index (χ0) is 21.6. The molecule has 1 saturated carbocycles. The van der Waals surface area contributed by atoms with Crippen LogP contribution in [0.1, 0.15) is 45.6 Å². The first kappa shape index (κ1) is 22.6. The van der Waals surface area contributed by atoms with Crippen LogP contribution in [0.4, 0.5) is 4.79 Å². The third kappa shape index (κ3) is 7.29. The third-order valence-electron chi connectivity index (χ3n) is 5.34. The Hall–Kier alpha value is -2.12. The number of ether oxygens (including phenoxy) is 2. The molecule has 1 aromatic rings. The van der Waals surface area contributed by atoms with Gasteiger partial charge >= 0.3 is 6.09 Å². The van der Waals surface area contributed by atoms with E-state index in [0.717, 1.165) is 18.4 Å². The molecule has 0 aromatic heterocycles. The molecule has 0 unspecified atom stereocenters. The number of nitrogens with one attached hydrogen (secondary N) is 2. The summed E-state index contributed by atoms with van der Waals surface area (Å²) in [5, 5.41) is 6.48. The fraction of sp³-hybridized carbons (Fsp3) is 0.652. The molecular weight excluding hydrogens is 382 g/mol. The first-order valence-corrected chi connectivity index (χ1v) is 11.0. The van der Waals surface area contributed by atoms with E-state index >= 15 is 0 Å². The van der Waals surface area contributed by atoms with Crippen molar-refractivity contribution in [2.45, 2.75) is 64.3 Å². The van der Waals surface area contributed by atoms with Crippen molar-refractivity contribution in [3.8, 4) is 0 Å². The van der Waals surface area contributed by atoms with Gasteiger partial charge in [0.2, 0.25) is 5.91 Å². The van der Waals surface area contributed by atoms with Crippen molar-refractivity contribution in [1.29, 1.82) is 0 Å². The van der Waals surface area contributed by atoms with Crippen LogP contribution in [0.5, 0.6) is 0 Å². The van der Waals surface area contributed by atoms with Crippen molar-refractivity contribution >= 4 is 12.0 Å². The lowest BCUT2D eigenvalue weighted by Crippen LogP contribution is -2.55. The number of hydrogen-bond donors (Lipinski definition) is 2. The topological polar surface area (TPSA) is 79.9 Å². The summed E-state index contributed by atoms with van der Waals surface area (Å²) in [4.78, 5) is 26.4. The molecule has 2 N–H and O–H groups in total. The predicted octanol–water partition coefficient (Wildman–Crippen LogP) is 2.70. The summed E-state index contributed by atoms with van der Waals surface area (Å²) in [6.07, 6.45) is 2.36. The second-order valence-electron chi connectivity index (χ2n) is 9.17. The number of nitrogens with zero attached hydrogens (tertiary/aromatic N) is 1. The van der Waals surface area contributed by atoms with E-state index < -0.39 is 5.60 Å². The van der Waals surface area contributed by atoms with E-state index in [1.165, 1.54) is 0 Å². The summed E-state index contributed by atoms with van der Waals surface area (Å²) >= 11 is 0. The number of amides is 2. The minimum atomic E-state index is -0.508. The van der Waals surface area contributed by atoms with E-state index in [-0.39, 0.29) is 24.1 Å². The van der Waals surface area contributed by atoms with Gasteiger partial charge in [0.15, 0.2) is 0 Å². The Labute approximate surface area is 179 Å². The van der Waals surface area contributed by atoms with Crippen molar-refractivity contribution in [1.82, 2.24) is 15.5 Å². The second kappa shape index (κ2) is 10.3. The maximum absolute atomic E-state index is 12.4. The van der Waals surface area contributed by atoms with E-state index in [1.807, 2.05) is 51.1 Å². The lowest BCUT2D eigenvalue weighted by Gasteiger charge is -2.38. The molecule has 1 heterocycles. The average Bonchev–Trinajstić information content (AvgIpc) is 3.54. The van der Waals surface area contributed by atoms with Gasteiger partial charge in [-0.15, -0.1) is 0 Å². The Morgan fingerprint density at radius 2 is 1.97 bits per heavy atom. The summed E-state index contributed by atoms with van der Waals surface area (Å²) < 4.78 is 11.5. The summed E-state index contributed by atoms with van der Waals surface area (Å²) in [5.41, 5.74) is 0.582. The molecule has 30 heavy (non-hydrogen) atoms. The SMILES string of the molecule is CC(C)(C)OC(=O)N1CCO[C@@H]([C@@H](NCCC(=O)NCc2ccccc2)C2CC2)C1. The third-order valence-corrected chi connectivity index (χ3v) is 5.34. The zero-order valence-electron chi connectivity index (χ0n) is 18.4. The number of carbonyl (C=O) groups excluding carboxylic acids is 2. The molecule has 2 fully saturated rings. The van der Waals surface area contributed by atoms with Crippen LogP contribution in [0.3, 0.4) is 0 Å². The average molecular weight is 418 g/mol. The van der Waals surface area contributed by atoms with Crippen LogP contribution >= 0.6 is 0 Å². The van der Waals surface area contributed by atoms with Crippen molar-refractivity contribution in [3.05, 3.63) is 35.9 Å². The molecule has 2 aliphatic rings. The molecule has 0 bridgehead atoms. The van der Waals surface area contributed by atoms with Crippen molar-refractivity contribution in [2.75, 3.05) is 26.2 Å². The highest BCUT2D eigenvalue weighted by Crippen LogP contribution is 2.35. The monoisotopic (exact) mass is 417 g/mol. The van der Waals surface area contributed by atoms with Crippen LogP contribution in [0.15, 0.2) is 30.3 Å². The van der Waals surface area contributed by atoms with Crippen molar-refractivity contribution in [3.63, 3.8) is 0 Å². The van der Waals surface area contributed by atoms with Crippen LogP contribution in [-0.4, -0.2) is 60.9 Å². The van der Waals surface area contributed by atoms with Crippen molar-refractivity contribution < 1.29 is 19.1 Å². The Balaban J connectivity index is 1.44. The smallest absolute Gasteiger partial charge is 0.410 e. The molecule has 2 amide bonds. The Morgan fingerprint density at radius 1 is 1.23 bits per heavy atom. The van der Waals surface area contributed by atoms with E-state index in [9.17, 15) is 9.59 Å². The van der Waals surface area contributed by atoms with Gasteiger partial charge in [-0.3, -0.25) is 4.79 Å². The van der Waals surface area contributed by atoms with Gasteiger partial charge < -0.3 is 25.0 Å². The highest BCUT2D eigenvalue weighted by atomic mass is 16.6. The van der Waals surface area contributed by atoms with Crippen LogP contribution in [0, 0.1) is 5.92 Å². The fourth-order valence-electron chi connectivity index (χ4n) is 3.68. The number of carbonyl (C=O) groups is 2. The summed E-state index contributed by atoms with van der Waals surface area (Å²) in [7, 11) is 0. The molecule has 0 radical (unpaired) electrons. The maximum atomic E-state index is 12.4. The molecule has 3 rings (SSSR count). The van der Waals surface area contributed by atoms with Gasteiger partial charge in [-0.2, -0.15) is 0 Å². The molecular formula is C23H35N3O4. The largest absolute Gasteiger partial charge is 0.444 e. The molecule has 1 aliphatic heterocycles. The molecule has 1 aliphatic carbocycles. The Morgan fingerprint density at radius 3 is 2.63 bits per heavy atom. The molecule has 7 nitrogen and oxygen atoms in total. The van der Waals surface area contributed by atoms with E-state index in [0.29, 0.717) is 45.1 Å². The van der Waals surface area contributed by atoms with Gasteiger partial charge in [0.1, 0.15) is 5.60 Å². The highest BCUT2D eigenvalue weighted by molar-refractivity contribution is 5.76. The standard InChI is InChI=1S/C23H35N3O4/c1-23(2,3)30-22(28)26-13-14-29-19(16-26)21(18-9-10-18)24-12-11-20(27)25-15-17-7-5-4-6-8-17/h4-8,18-19,21,24H,9-16H2,1-3H3,(H,25,27)/t19-,21+/m1/s1. The Kier molecular flexibility index (Phi) is 7.72. The van der Waals surface area contributed by atoms with Crippen LogP contribution in [-0.2, 0) is 20.8 Å². The minimum absolute atomic E-state index is 0.0286. The predicted molar refractivity (Wildman–Crippen MR) is 115 cm³/mol. The Bertz CT molecular complexity index is 700. The maximum Gasteiger partial charge on any atom is 0.410 e. The second-order valence-corrected chi connectivity index (χ2v) is 9.17. The number of hydrogen-bond acceptors (Lipinski definition) is 5. The van der Waals surface area contributed by atoms with Gasteiger partial charge in [0, 0.05) is 32.1 Å². The summed E-state index contributed by atoms with van der Waals surface area (Å²) in [6.45, 7) is 8.33. The normalized spacial score (nSPS) is 20.5. The zero-order valence-corrected chi connectivity index (χ0v) is 18.4.